The second kappa shape index (κ2) is 4.07. The van der Waals surface area contributed by atoms with E-state index in [1.54, 1.807) is 18.3 Å². The van der Waals surface area contributed by atoms with Crippen LogP contribution in [0.3, 0.4) is 0 Å². The molecule has 1 rings (SSSR count). The van der Waals surface area contributed by atoms with Gasteiger partial charge in [0, 0.05) is 6.20 Å². The molecule has 0 fully saturated rings. The zero-order chi connectivity index (χ0) is 8.81. The molecule has 0 atom stereocenters. The standard InChI is InChI=1S/C7H8N4O/c8-7(12)11-10-5-6-3-1-2-4-9-6/h1-5H,(H3,8,11,12)/b10-5-. The van der Waals surface area contributed by atoms with Crippen molar-refractivity contribution in [3.8, 4) is 0 Å². The van der Waals surface area contributed by atoms with Crippen LogP contribution in [-0.4, -0.2) is 17.2 Å². The maximum atomic E-state index is 10.2. The van der Waals surface area contributed by atoms with Crippen LogP contribution >= 0.6 is 0 Å². The lowest BCUT2D eigenvalue weighted by Gasteiger charge is -1.90. The number of nitrogens with two attached hydrogens (primary N) is 1. The van der Waals surface area contributed by atoms with Gasteiger partial charge in [-0.1, -0.05) is 6.07 Å². The number of nitrogens with zero attached hydrogens (tertiary/aromatic N) is 2. The van der Waals surface area contributed by atoms with E-state index in [1.807, 2.05) is 6.07 Å². The number of hydrogen-bond acceptors (Lipinski definition) is 3. The summed E-state index contributed by atoms with van der Waals surface area (Å²) in [6, 6.07) is 4.67. The van der Waals surface area contributed by atoms with Gasteiger partial charge >= 0.3 is 6.03 Å². The molecule has 62 valence electrons. The Morgan fingerprint density at radius 1 is 1.67 bits per heavy atom. The lowest BCUT2D eigenvalue weighted by molar-refractivity contribution is 0.249. The van der Waals surface area contributed by atoms with Gasteiger partial charge in [0.25, 0.3) is 0 Å². The summed E-state index contributed by atoms with van der Waals surface area (Å²) in [6.07, 6.45) is 3.04. The number of nitrogens with one attached hydrogen (secondary N) is 1. The smallest absolute Gasteiger partial charge is 0.332 e. The van der Waals surface area contributed by atoms with E-state index in [-0.39, 0.29) is 0 Å². The number of primary amides is 1. The predicted octanol–water partition coefficient (Wildman–Crippen LogP) is 0.0838. The highest BCUT2D eigenvalue weighted by molar-refractivity contribution is 5.79. The van der Waals surface area contributed by atoms with E-state index < -0.39 is 6.03 Å². The van der Waals surface area contributed by atoms with Gasteiger partial charge in [0.05, 0.1) is 11.9 Å². The number of urea groups is 1. The van der Waals surface area contributed by atoms with Crippen molar-refractivity contribution in [2.45, 2.75) is 0 Å². The molecule has 0 aliphatic rings. The van der Waals surface area contributed by atoms with Gasteiger partial charge in [-0.2, -0.15) is 5.10 Å². The highest BCUT2D eigenvalue weighted by Gasteiger charge is 1.86. The first-order valence-corrected chi connectivity index (χ1v) is 3.28. The summed E-state index contributed by atoms with van der Waals surface area (Å²) in [4.78, 5) is 14.1. The zero-order valence-corrected chi connectivity index (χ0v) is 6.27. The van der Waals surface area contributed by atoms with E-state index in [1.165, 1.54) is 6.21 Å². The Kier molecular flexibility index (Phi) is 2.78. The Morgan fingerprint density at radius 3 is 3.08 bits per heavy atom. The summed E-state index contributed by atoms with van der Waals surface area (Å²) in [5.74, 6) is 0. The van der Waals surface area contributed by atoms with Crippen molar-refractivity contribution < 1.29 is 4.79 Å². The number of carbonyl (C=O) groups excluding carboxylic acids is 1. The van der Waals surface area contributed by atoms with Gasteiger partial charge in [0.15, 0.2) is 0 Å². The van der Waals surface area contributed by atoms with E-state index in [4.69, 9.17) is 5.73 Å². The van der Waals surface area contributed by atoms with E-state index in [9.17, 15) is 4.79 Å². The highest BCUT2D eigenvalue weighted by Crippen LogP contribution is 1.86. The largest absolute Gasteiger partial charge is 0.350 e. The molecule has 1 aromatic heterocycles. The molecular formula is C7H8N4O. The number of amides is 2. The summed E-state index contributed by atoms with van der Waals surface area (Å²) >= 11 is 0. The highest BCUT2D eigenvalue weighted by atomic mass is 16.2. The molecule has 5 nitrogen and oxygen atoms in total. The Morgan fingerprint density at radius 2 is 2.50 bits per heavy atom. The quantitative estimate of drug-likeness (QED) is 0.479. The Bertz CT molecular complexity index is 283. The number of aromatic nitrogens is 1. The van der Waals surface area contributed by atoms with Gasteiger partial charge < -0.3 is 5.73 Å². The first kappa shape index (κ1) is 8.19. The molecule has 0 aliphatic heterocycles. The van der Waals surface area contributed by atoms with Crippen LogP contribution < -0.4 is 11.2 Å². The second-order valence-electron chi connectivity index (χ2n) is 1.99. The van der Waals surface area contributed by atoms with Crippen LogP contribution in [0.5, 0.6) is 0 Å². The maximum Gasteiger partial charge on any atom is 0.332 e. The van der Waals surface area contributed by atoms with Crippen molar-refractivity contribution in [3.63, 3.8) is 0 Å². The first-order valence-electron chi connectivity index (χ1n) is 3.28. The topological polar surface area (TPSA) is 80.4 Å². The molecule has 1 aromatic rings. The van der Waals surface area contributed by atoms with Crippen LogP contribution in [0.15, 0.2) is 29.5 Å². The van der Waals surface area contributed by atoms with Gasteiger partial charge in [-0.25, -0.2) is 10.2 Å². The molecule has 3 N–H and O–H groups in total. The molecule has 0 aliphatic carbocycles. The van der Waals surface area contributed by atoms with E-state index >= 15 is 0 Å². The molecule has 0 radical (unpaired) electrons. The third kappa shape index (κ3) is 2.78. The molecule has 5 heteroatoms. The van der Waals surface area contributed by atoms with Crippen LogP contribution in [0.2, 0.25) is 0 Å². The monoisotopic (exact) mass is 164 g/mol. The van der Waals surface area contributed by atoms with Gasteiger partial charge in [-0.3, -0.25) is 4.98 Å². The molecule has 0 saturated heterocycles. The lowest BCUT2D eigenvalue weighted by Crippen LogP contribution is -2.24. The molecular weight excluding hydrogens is 156 g/mol. The first-order chi connectivity index (χ1) is 5.79. The summed E-state index contributed by atoms with van der Waals surface area (Å²) in [7, 11) is 0. The van der Waals surface area contributed by atoms with Gasteiger partial charge in [0.2, 0.25) is 0 Å². The Hall–Kier alpha value is -1.91. The molecule has 12 heavy (non-hydrogen) atoms. The van der Waals surface area contributed by atoms with Gasteiger partial charge in [-0.15, -0.1) is 0 Å². The second-order valence-corrected chi connectivity index (χ2v) is 1.99. The predicted molar refractivity (Wildman–Crippen MR) is 44.6 cm³/mol. The molecule has 0 aromatic carbocycles. The summed E-state index contributed by atoms with van der Waals surface area (Å²) in [6.45, 7) is 0. The number of pyridine rings is 1. The minimum atomic E-state index is -0.692. The van der Waals surface area contributed by atoms with Crippen LogP contribution in [-0.2, 0) is 0 Å². The third-order valence-electron chi connectivity index (χ3n) is 1.06. The fourth-order valence-corrected chi connectivity index (χ4v) is 0.614. The summed E-state index contributed by atoms with van der Waals surface area (Å²) in [5, 5.41) is 3.53. The van der Waals surface area contributed by atoms with E-state index in [0.29, 0.717) is 5.69 Å². The fourth-order valence-electron chi connectivity index (χ4n) is 0.614. The van der Waals surface area contributed by atoms with Crippen LogP contribution in [0.1, 0.15) is 5.69 Å². The van der Waals surface area contributed by atoms with Crippen molar-refractivity contribution in [3.05, 3.63) is 30.1 Å². The van der Waals surface area contributed by atoms with Crippen LogP contribution in [0.25, 0.3) is 0 Å². The lowest BCUT2D eigenvalue weighted by atomic mass is 10.4. The minimum absolute atomic E-state index is 0.659. The maximum absolute atomic E-state index is 10.2. The summed E-state index contributed by atoms with van der Waals surface area (Å²) < 4.78 is 0. The average Bonchev–Trinajstić information content (AvgIpc) is 2.05. The molecule has 0 bridgehead atoms. The SMILES string of the molecule is NC(=O)N/N=C\c1ccccn1. The Balaban J connectivity index is 2.52. The number of rotatable bonds is 2. The normalized spacial score (nSPS) is 10.0. The average molecular weight is 164 g/mol. The summed E-state index contributed by atoms with van der Waals surface area (Å²) in [5.41, 5.74) is 7.49. The van der Waals surface area contributed by atoms with Crippen molar-refractivity contribution in [1.29, 1.82) is 0 Å². The van der Waals surface area contributed by atoms with Crippen LogP contribution in [0.4, 0.5) is 4.79 Å². The van der Waals surface area contributed by atoms with E-state index in [0.717, 1.165) is 0 Å². The van der Waals surface area contributed by atoms with E-state index in [2.05, 4.69) is 15.5 Å². The van der Waals surface area contributed by atoms with Crippen LogP contribution in [0, 0.1) is 0 Å². The van der Waals surface area contributed by atoms with Crippen molar-refractivity contribution in [2.75, 3.05) is 0 Å². The zero-order valence-electron chi connectivity index (χ0n) is 6.27. The van der Waals surface area contributed by atoms with Crippen molar-refractivity contribution in [1.82, 2.24) is 10.4 Å². The Labute approximate surface area is 69.3 Å². The fraction of sp³-hybridized carbons (Fsp3) is 0. The van der Waals surface area contributed by atoms with Gasteiger partial charge in [-0.05, 0) is 12.1 Å². The molecule has 0 unspecified atom stereocenters. The van der Waals surface area contributed by atoms with Crippen molar-refractivity contribution >= 4 is 12.2 Å². The van der Waals surface area contributed by atoms with Gasteiger partial charge in [0.1, 0.15) is 0 Å². The third-order valence-corrected chi connectivity index (χ3v) is 1.06. The molecule has 0 spiro atoms. The number of hydrazone groups is 1. The van der Waals surface area contributed by atoms with Crippen molar-refractivity contribution in [2.24, 2.45) is 10.8 Å². The molecule has 1 heterocycles. The number of carbonyl (C=O) groups is 1. The molecule has 0 saturated carbocycles. The number of hydrogen-bond donors (Lipinski definition) is 2. The minimum Gasteiger partial charge on any atom is -0.350 e. The molecule has 2 amide bonds.